The lowest BCUT2D eigenvalue weighted by molar-refractivity contribution is -0.124. The molecule has 3 aliphatic rings. The number of aliphatic hydroxyl groups excluding tert-OH is 3. The second-order valence-corrected chi connectivity index (χ2v) is 4.59. The number of aliphatic imine (C=N–C) groups is 2. The molecule has 9 heteroatoms. The summed E-state index contributed by atoms with van der Waals surface area (Å²) in [6, 6.07) is -0.689. The van der Waals surface area contributed by atoms with E-state index in [4.69, 9.17) is 9.84 Å². The molecule has 19 heavy (non-hydrogen) atoms. The van der Waals surface area contributed by atoms with Crippen molar-refractivity contribution in [2.75, 3.05) is 6.61 Å². The zero-order valence-corrected chi connectivity index (χ0v) is 9.83. The minimum Gasteiger partial charge on any atom is -0.394 e. The molecular weight excluding hydrogens is 256 g/mol. The molecule has 9 nitrogen and oxygen atoms in total. The third kappa shape index (κ3) is 1.82. The summed E-state index contributed by atoms with van der Waals surface area (Å²) in [7, 11) is 0. The second-order valence-electron chi connectivity index (χ2n) is 4.59. The van der Waals surface area contributed by atoms with Crippen LogP contribution < -0.4 is 5.32 Å². The molecule has 4 N–H and O–H groups in total. The van der Waals surface area contributed by atoms with Gasteiger partial charge >= 0.3 is 0 Å². The fourth-order valence-electron chi connectivity index (χ4n) is 2.42. The van der Waals surface area contributed by atoms with E-state index < -0.39 is 43.4 Å². The topological polar surface area (TPSA) is 127 Å². The molecule has 0 aromatic heterocycles. The Kier molecular flexibility index (Phi) is 2.97. The van der Waals surface area contributed by atoms with Gasteiger partial charge in [-0.2, -0.15) is 0 Å². The van der Waals surface area contributed by atoms with E-state index in [0.717, 1.165) is 0 Å². The minimum atomic E-state index is -1.21. The Labute approximate surface area is 108 Å². The molecule has 1 fully saturated rings. The molecule has 0 radical (unpaired) electrons. The summed E-state index contributed by atoms with van der Waals surface area (Å²) in [5.41, 5.74) is 0. The molecule has 3 aliphatic heterocycles. The van der Waals surface area contributed by atoms with Crippen LogP contribution in [0.15, 0.2) is 9.98 Å². The molecule has 3 heterocycles. The molecule has 3 rings (SSSR count). The van der Waals surface area contributed by atoms with Gasteiger partial charge in [-0.15, -0.1) is 0 Å². The van der Waals surface area contributed by atoms with Gasteiger partial charge in [0.05, 0.1) is 19.3 Å². The van der Waals surface area contributed by atoms with Crippen LogP contribution in [-0.4, -0.2) is 82.2 Å². The van der Waals surface area contributed by atoms with Gasteiger partial charge in [-0.05, 0) is 0 Å². The Morgan fingerprint density at radius 3 is 2.84 bits per heavy atom. The molecule has 0 aliphatic carbocycles. The van der Waals surface area contributed by atoms with E-state index in [1.807, 2.05) is 0 Å². The lowest BCUT2D eigenvalue weighted by Crippen LogP contribution is -2.53. The van der Waals surface area contributed by atoms with Crippen LogP contribution in [0, 0.1) is 0 Å². The van der Waals surface area contributed by atoms with Gasteiger partial charge in [-0.1, -0.05) is 0 Å². The maximum atomic E-state index is 11.6. The third-order valence-corrected chi connectivity index (χ3v) is 3.46. The number of nitrogens with one attached hydrogen (secondary N) is 1. The van der Waals surface area contributed by atoms with Crippen molar-refractivity contribution in [3.63, 3.8) is 0 Å². The molecule has 0 unspecified atom stereocenters. The van der Waals surface area contributed by atoms with Crippen molar-refractivity contribution in [3.8, 4) is 0 Å². The highest BCUT2D eigenvalue weighted by atomic mass is 16.6. The van der Waals surface area contributed by atoms with E-state index in [0.29, 0.717) is 0 Å². The number of ether oxygens (including phenoxy) is 1. The number of amides is 1. The monoisotopic (exact) mass is 270 g/mol. The van der Waals surface area contributed by atoms with Crippen LogP contribution in [-0.2, 0) is 9.53 Å². The quantitative estimate of drug-likeness (QED) is 0.414. The lowest BCUT2D eigenvalue weighted by Gasteiger charge is -2.31. The molecule has 0 spiro atoms. The van der Waals surface area contributed by atoms with Crippen LogP contribution in [0.2, 0.25) is 0 Å². The molecule has 6 atom stereocenters. The first kappa shape index (κ1) is 12.5. The largest absolute Gasteiger partial charge is 0.394 e. The Balaban J connectivity index is 1.81. The van der Waals surface area contributed by atoms with Crippen LogP contribution in [0.3, 0.4) is 0 Å². The molecule has 0 aromatic rings. The van der Waals surface area contributed by atoms with E-state index in [9.17, 15) is 15.0 Å². The normalized spacial score (nSPS) is 44.6. The van der Waals surface area contributed by atoms with Crippen LogP contribution in [0.1, 0.15) is 0 Å². The van der Waals surface area contributed by atoms with Gasteiger partial charge in [-0.3, -0.25) is 9.79 Å². The number of carbonyl (C=O) groups is 1. The Hall–Kier alpha value is -1.55. The maximum absolute atomic E-state index is 11.6. The van der Waals surface area contributed by atoms with Gasteiger partial charge in [0.2, 0.25) is 0 Å². The number of nitrogens with zero attached hydrogens (tertiary/aromatic N) is 3. The Bertz CT molecular complexity index is 442. The number of hydrogen-bond donors (Lipinski definition) is 4. The number of carbonyl (C=O) groups excluding carboxylic acids is 1. The fourth-order valence-corrected chi connectivity index (χ4v) is 2.42. The predicted octanol–water partition coefficient (Wildman–Crippen LogP) is -3.38. The summed E-state index contributed by atoms with van der Waals surface area (Å²) in [5.74, 6) is -0.287. The number of hydrogen-bond acceptors (Lipinski definition) is 8. The third-order valence-electron chi connectivity index (χ3n) is 3.46. The highest BCUT2D eigenvalue weighted by molar-refractivity contribution is 5.96. The zero-order chi connectivity index (χ0) is 13.6. The lowest BCUT2D eigenvalue weighted by atomic mass is 10.1. The maximum Gasteiger partial charge on any atom is 0.254 e. The SMILES string of the molecule is O=C1NC=N[C@@H]2[C@H]1N=CN2[C@H]1O[C@@H](CO)[C@@H](O)[C@H]1O. The van der Waals surface area contributed by atoms with Gasteiger partial charge in [0.25, 0.3) is 5.91 Å². The van der Waals surface area contributed by atoms with Crippen molar-refractivity contribution < 1.29 is 24.9 Å². The first-order valence-electron chi connectivity index (χ1n) is 5.88. The van der Waals surface area contributed by atoms with E-state index in [-0.39, 0.29) is 5.91 Å². The summed E-state index contributed by atoms with van der Waals surface area (Å²) in [4.78, 5) is 21.1. The molecule has 0 aromatic carbocycles. The predicted molar refractivity (Wildman–Crippen MR) is 62.3 cm³/mol. The number of aliphatic hydroxyl groups is 3. The summed E-state index contributed by atoms with van der Waals surface area (Å²) < 4.78 is 5.38. The molecule has 0 saturated carbocycles. The van der Waals surface area contributed by atoms with Gasteiger partial charge in [0.15, 0.2) is 18.4 Å². The van der Waals surface area contributed by atoms with Crippen molar-refractivity contribution >= 4 is 18.6 Å². The molecular formula is C10H14N4O5. The van der Waals surface area contributed by atoms with Crippen molar-refractivity contribution in [1.29, 1.82) is 0 Å². The number of fused-ring (bicyclic) bond motifs is 1. The summed E-state index contributed by atoms with van der Waals surface area (Å²) in [6.07, 6.45) is -2.11. The van der Waals surface area contributed by atoms with Crippen molar-refractivity contribution in [1.82, 2.24) is 10.2 Å². The Morgan fingerprint density at radius 2 is 2.16 bits per heavy atom. The van der Waals surface area contributed by atoms with Gasteiger partial charge in [0, 0.05) is 0 Å². The van der Waals surface area contributed by atoms with E-state index in [2.05, 4.69) is 15.3 Å². The van der Waals surface area contributed by atoms with Crippen molar-refractivity contribution in [2.24, 2.45) is 9.98 Å². The Morgan fingerprint density at radius 1 is 1.37 bits per heavy atom. The smallest absolute Gasteiger partial charge is 0.254 e. The van der Waals surface area contributed by atoms with Gasteiger partial charge in [-0.25, -0.2) is 4.99 Å². The summed E-state index contributed by atoms with van der Waals surface area (Å²) in [5, 5.41) is 31.1. The molecule has 1 saturated heterocycles. The zero-order valence-electron chi connectivity index (χ0n) is 9.83. The standard InChI is InChI=1S/C10H14N4O5/c15-1-4-6(16)7(17)10(19-4)14-3-13-5-8(14)11-2-12-9(5)18/h2-8,10,15-17H,1H2,(H,11,12,18)/t4-,5+,6+,7+,8-,10-/m0/s1. The van der Waals surface area contributed by atoms with Crippen LogP contribution in [0.4, 0.5) is 0 Å². The minimum absolute atomic E-state index is 0.287. The number of rotatable bonds is 2. The van der Waals surface area contributed by atoms with Crippen LogP contribution in [0.5, 0.6) is 0 Å². The van der Waals surface area contributed by atoms with Crippen molar-refractivity contribution in [2.45, 2.75) is 36.7 Å². The molecule has 104 valence electrons. The molecule has 1 amide bonds. The van der Waals surface area contributed by atoms with Gasteiger partial charge < -0.3 is 30.3 Å². The van der Waals surface area contributed by atoms with Gasteiger partial charge in [0.1, 0.15) is 18.3 Å². The average Bonchev–Trinajstić information content (AvgIpc) is 2.94. The highest BCUT2D eigenvalue weighted by Gasteiger charge is 2.50. The van der Waals surface area contributed by atoms with E-state index in [1.165, 1.54) is 17.6 Å². The summed E-state index contributed by atoms with van der Waals surface area (Å²) >= 11 is 0. The van der Waals surface area contributed by atoms with Crippen LogP contribution in [0.25, 0.3) is 0 Å². The fraction of sp³-hybridized carbons (Fsp3) is 0.700. The average molecular weight is 270 g/mol. The molecule has 0 bridgehead atoms. The first-order chi connectivity index (χ1) is 9.13. The van der Waals surface area contributed by atoms with Crippen molar-refractivity contribution in [3.05, 3.63) is 0 Å². The second kappa shape index (κ2) is 4.53. The summed E-state index contributed by atoms with van der Waals surface area (Å²) in [6.45, 7) is -0.405. The van der Waals surface area contributed by atoms with Crippen LogP contribution >= 0.6 is 0 Å². The van der Waals surface area contributed by atoms with E-state index in [1.54, 1.807) is 0 Å². The highest BCUT2D eigenvalue weighted by Crippen LogP contribution is 2.29. The van der Waals surface area contributed by atoms with E-state index >= 15 is 0 Å². The first-order valence-corrected chi connectivity index (χ1v) is 5.88.